The topological polar surface area (TPSA) is 45.2 Å². The maximum atomic E-state index is 11.9. The second-order valence-corrected chi connectivity index (χ2v) is 5.73. The fraction of sp³-hybridized carbons (Fsp3) is 0.600. The molecular formula is C15H25N3O. The Bertz CT molecular complexity index is 366. The van der Waals surface area contributed by atoms with Gasteiger partial charge in [0, 0.05) is 25.5 Å². The Morgan fingerprint density at radius 2 is 1.89 bits per heavy atom. The fourth-order valence-corrected chi connectivity index (χ4v) is 2.02. The van der Waals surface area contributed by atoms with Gasteiger partial charge in [0.15, 0.2) is 0 Å². The SMILES string of the molecule is CC(C)CN(CNC(=O)c1cccnc1)CC(C)C. The lowest BCUT2D eigenvalue weighted by molar-refractivity contribution is 0.0911. The van der Waals surface area contributed by atoms with Gasteiger partial charge in [0.05, 0.1) is 12.2 Å². The van der Waals surface area contributed by atoms with Gasteiger partial charge >= 0.3 is 0 Å². The lowest BCUT2D eigenvalue weighted by atomic mass is 10.1. The van der Waals surface area contributed by atoms with Crippen molar-refractivity contribution in [2.45, 2.75) is 27.7 Å². The highest BCUT2D eigenvalue weighted by Gasteiger charge is 2.11. The minimum absolute atomic E-state index is 0.0642. The third-order valence-corrected chi connectivity index (χ3v) is 2.63. The van der Waals surface area contributed by atoms with Gasteiger partial charge in [-0.05, 0) is 24.0 Å². The van der Waals surface area contributed by atoms with Gasteiger partial charge in [-0.15, -0.1) is 0 Å². The molecule has 1 N–H and O–H groups in total. The molecule has 0 fully saturated rings. The van der Waals surface area contributed by atoms with Crippen molar-refractivity contribution in [3.05, 3.63) is 30.1 Å². The first kappa shape index (κ1) is 15.6. The Morgan fingerprint density at radius 1 is 1.26 bits per heavy atom. The molecule has 1 amide bonds. The van der Waals surface area contributed by atoms with Gasteiger partial charge in [0.25, 0.3) is 5.91 Å². The van der Waals surface area contributed by atoms with Crippen LogP contribution < -0.4 is 5.32 Å². The number of carbonyl (C=O) groups is 1. The maximum absolute atomic E-state index is 11.9. The first-order chi connectivity index (χ1) is 8.99. The van der Waals surface area contributed by atoms with Crippen LogP contribution in [0.1, 0.15) is 38.1 Å². The summed E-state index contributed by atoms with van der Waals surface area (Å²) >= 11 is 0. The molecule has 1 aromatic heterocycles. The number of hydrogen-bond acceptors (Lipinski definition) is 3. The summed E-state index contributed by atoms with van der Waals surface area (Å²) in [6.07, 6.45) is 3.26. The summed E-state index contributed by atoms with van der Waals surface area (Å²) < 4.78 is 0. The van der Waals surface area contributed by atoms with Crippen molar-refractivity contribution >= 4 is 5.91 Å². The van der Waals surface area contributed by atoms with Crippen molar-refractivity contribution in [3.63, 3.8) is 0 Å². The van der Waals surface area contributed by atoms with E-state index in [2.05, 4.69) is 42.9 Å². The van der Waals surface area contributed by atoms with Crippen LogP contribution in [0, 0.1) is 11.8 Å². The number of aromatic nitrogens is 1. The average Bonchev–Trinajstić information content (AvgIpc) is 2.35. The molecule has 0 aliphatic heterocycles. The molecule has 0 atom stereocenters. The summed E-state index contributed by atoms with van der Waals surface area (Å²) in [7, 11) is 0. The minimum Gasteiger partial charge on any atom is -0.339 e. The van der Waals surface area contributed by atoms with Crippen molar-refractivity contribution in [1.82, 2.24) is 15.2 Å². The number of nitrogens with one attached hydrogen (secondary N) is 1. The van der Waals surface area contributed by atoms with Gasteiger partial charge in [0.2, 0.25) is 0 Å². The van der Waals surface area contributed by atoms with Crippen molar-refractivity contribution in [3.8, 4) is 0 Å². The number of carbonyl (C=O) groups excluding carboxylic acids is 1. The molecule has 0 aliphatic rings. The molecular weight excluding hydrogens is 238 g/mol. The van der Waals surface area contributed by atoms with E-state index in [1.807, 2.05) is 0 Å². The van der Waals surface area contributed by atoms with Crippen LogP contribution in [0.3, 0.4) is 0 Å². The van der Waals surface area contributed by atoms with Crippen LogP contribution in [-0.4, -0.2) is 35.5 Å². The van der Waals surface area contributed by atoms with E-state index in [4.69, 9.17) is 0 Å². The lowest BCUT2D eigenvalue weighted by Gasteiger charge is -2.26. The lowest BCUT2D eigenvalue weighted by Crippen LogP contribution is -2.41. The van der Waals surface area contributed by atoms with Gasteiger partial charge < -0.3 is 5.32 Å². The highest BCUT2D eigenvalue weighted by molar-refractivity contribution is 5.93. The second-order valence-electron chi connectivity index (χ2n) is 5.73. The van der Waals surface area contributed by atoms with E-state index >= 15 is 0 Å². The minimum atomic E-state index is -0.0642. The first-order valence-electron chi connectivity index (χ1n) is 6.89. The third kappa shape index (κ3) is 6.34. The predicted octanol–water partition coefficient (Wildman–Crippen LogP) is 2.38. The monoisotopic (exact) mass is 263 g/mol. The molecule has 106 valence electrons. The van der Waals surface area contributed by atoms with Crippen molar-refractivity contribution in [1.29, 1.82) is 0 Å². The largest absolute Gasteiger partial charge is 0.339 e. The zero-order chi connectivity index (χ0) is 14.3. The van der Waals surface area contributed by atoms with Gasteiger partial charge in [-0.1, -0.05) is 27.7 Å². The molecule has 1 heterocycles. The summed E-state index contributed by atoms with van der Waals surface area (Å²) in [5.74, 6) is 1.12. The number of amides is 1. The van der Waals surface area contributed by atoms with E-state index in [9.17, 15) is 4.79 Å². The summed E-state index contributed by atoms with van der Waals surface area (Å²) in [4.78, 5) is 18.2. The highest BCUT2D eigenvalue weighted by Crippen LogP contribution is 2.03. The van der Waals surface area contributed by atoms with E-state index in [0.29, 0.717) is 24.1 Å². The molecule has 4 nitrogen and oxygen atoms in total. The highest BCUT2D eigenvalue weighted by atomic mass is 16.1. The van der Waals surface area contributed by atoms with Crippen LogP contribution in [0.5, 0.6) is 0 Å². The third-order valence-electron chi connectivity index (χ3n) is 2.63. The Hall–Kier alpha value is -1.42. The normalized spacial score (nSPS) is 11.3. The quantitative estimate of drug-likeness (QED) is 0.768. The van der Waals surface area contributed by atoms with Crippen molar-refractivity contribution in [2.75, 3.05) is 19.8 Å². The summed E-state index contributed by atoms with van der Waals surface area (Å²) in [5.41, 5.74) is 0.608. The zero-order valence-electron chi connectivity index (χ0n) is 12.4. The molecule has 0 aromatic carbocycles. The second kappa shape index (κ2) is 7.89. The number of pyridine rings is 1. The van der Waals surface area contributed by atoms with E-state index in [-0.39, 0.29) is 5.91 Å². The Kier molecular flexibility index (Phi) is 6.50. The van der Waals surface area contributed by atoms with Crippen LogP contribution >= 0.6 is 0 Å². The van der Waals surface area contributed by atoms with Crippen LogP contribution in [-0.2, 0) is 0 Å². The van der Waals surface area contributed by atoms with Crippen molar-refractivity contribution < 1.29 is 4.79 Å². The molecule has 1 rings (SSSR count). The summed E-state index contributed by atoms with van der Waals surface area (Å²) in [6.45, 7) is 11.3. The van der Waals surface area contributed by atoms with Gasteiger partial charge in [-0.25, -0.2) is 0 Å². The van der Waals surface area contributed by atoms with Crippen LogP contribution in [0.2, 0.25) is 0 Å². The maximum Gasteiger partial charge on any atom is 0.253 e. The van der Waals surface area contributed by atoms with Gasteiger partial charge in [-0.2, -0.15) is 0 Å². The van der Waals surface area contributed by atoms with Gasteiger partial charge in [0.1, 0.15) is 0 Å². The molecule has 0 saturated carbocycles. The number of hydrogen-bond donors (Lipinski definition) is 1. The predicted molar refractivity (Wildman–Crippen MR) is 77.8 cm³/mol. The molecule has 1 aromatic rings. The standard InChI is InChI=1S/C15H25N3O/c1-12(2)9-18(10-13(3)4)11-17-15(19)14-6-5-7-16-8-14/h5-8,12-13H,9-11H2,1-4H3,(H,17,19). The smallest absolute Gasteiger partial charge is 0.253 e. The van der Waals surface area contributed by atoms with Gasteiger partial charge in [-0.3, -0.25) is 14.7 Å². The molecule has 0 saturated heterocycles. The molecule has 19 heavy (non-hydrogen) atoms. The molecule has 0 aliphatic carbocycles. The van der Waals surface area contributed by atoms with Crippen molar-refractivity contribution in [2.24, 2.45) is 11.8 Å². The van der Waals surface area contributed by atoms with E-state index < -0.39 is 0 Å². The summed E-state index contributed by atoms with van der Waals surface area (Å²) in [6, 6.07) is 3.55. The molecule has 0 spiro atoms. The molecule has 4 heteroatoms. The molecule has 0 bridgehead atoms. The number of nitrogens with zero attached hydrogens (tertiary/aromatic N) is 2. The van der Waals surface area contributed by atoms with Crippen LogP contribution in [0.25, 0.3) is 0 Å². The Balaban J connectivity index is 2.49. The first-order valence-corrected chi connectivity index (χ1v) is 6.89. The van der Waals surface area contributed by atoms with E-state index in [0.717, 1.165) is 13.1 Å². The summed E-state index contributed by atoms with van der Waals surface area (Å²) in [5, 5.41) is 2.96. The van der Waals surface area contributed by atoms with Crippen LogP contribution in [0.4, 0.5) is 0 Å². The van der Waals surface area contributed by atoms with E-state index in [1.54, 1.807) is 24.5 Å². The fourth-order valence-electron chi connectivity index (χ4n) is 2.02. The van der Waals surface area contributed by atoms with E-state index in [1.165, 1.54) is 0 Å². The molecule has 0 unspecified atom stereocenters. The molecule has 0 radical (unpaired) electrons. The Morgan fingerprint density at radius 3 is 2.37 bits per heavy atom. The zero-order valence-corrected chi connectivity index (χ0v) is 12.4. The van der Waals surface area contributed by atoms with Crippen LogP contribution in [0.15, 0.2) is 24.5 Å². The Labute approximate surface area is 116 Å². The number of rotatable bonds is 7. The average molecular weight is 263 g/mol.